The molecule has 0 aromatic heterocycles. The van der Waals surface area contributed by atoms with E-state index in [4.69, 9.17) is 0 Å². The lowest BCUT2D eigenvalue weighted by atomic mass is 10.2. The molecule has 0 spiro atoms. The third kappa shape index (κ3) is 2.77. The molecule has 86 valence electrons. The van der Waals surface area contributed by atoms with Crippen LogP contribution in [0.5, 0.6) is 0 Å². The number of halogens is 3. The maximum Gasteiger partial charge on any atom is 0.405 e. The van der Waals surface area contributed by atoms with Crippen LogP contribution in [-0.4, -0.2) is 60.6 Å². The predicted octanol–water partition coefficient (Wildman–Crippen LogP) is 1.34. The fourth-order valence-corrected chi connectivity index (χ4v) is 2.55. The topological polar surface area (TPSA) is 6.48 Å². The largest absolute Gasteiger partial charge is 0.405 e. The Labute approximate surface area is 85.5 Å². The van der Waals surface area contributed by atoms with Crippen LogP contribution in [0.4, 0.5) is 13.2 Å². The Morgan fingerprint density at radius 2 is 1.79 bits per heavy atom. The molecule has 1 aliphatic rings. The summed E-state index contributed by atoms with van der Waals surface area (Å²) in [5, 5.41) is 0. The number of hydrogen-bond acceptors (Lipinski definition) is 2. The van der Waals surface area contributed by atoms with Crippen molar-refractivity contribution in [3.05, 3.63) is 0 Å². The second kappa shape index (κ2) is 4.28. The summed E-state index contributed by atoms with van der Waals surface area (Å²) in [5.74, 6) is 0. The van der Waals surface area contributed by atoms with Crippen LogP contribution in [0.3, 0.4) is 0 Å². The van der Waals surface area contributed by atoms with Crippen LogP contribution in [0.2, 0.25) is 0 Å². The summed E-state index contributed by atoms with van der Waals surface area (Å²) in [5.41, 5.74) is 0. The first-order chi connectivity index (χ1) is 6.32. The van der Waals surface area contributed by atoms with Crippen molar-refractivity contribution in [2.24, 2.45) is 0 Å². The molecular formula is C8H17F3N2S. The minimum Gasteiger partial charge on any atom is -0.293 e. The van der Waals surface area contributed by atoms with E-state index >= 15 is 0 Å². The predicted molar refractivity (Wildman–Crippen MR) is 54.9 cm³/mol. The zero-order chi connectivity index (χ0) is 10.9. The highest BCUT2D eigenvalue weighted by molar-refractivity contribution is 8.13. The molecule has 0 amide bonds. The molecule has 1 heterocycles. The maximum absolute atomic E-state index is 12.6. The number of thiol groups is 1. The van der Waals surface area contributed by atoms with Crippen molar-refractivity contribution in [1.29, 1.82) is 0 Å². The Morgan fingerprint density at radius 1 is 1.21 bits per heavy atom. The third-order valence-corrected chi connectivity index (χ3v) is 4.06. The van der Waals surface area contributed by atoms with E-state index in [-0.39, 0.29) is 6.54 Å². The highest BCUT2D eigenvalue weighted by Gasteiger charge is 2.45. The normalized spacial score (nSPS) is 27.9. The van der Waals surface area contributed by atoms with Crippen LogP contribution in [0.25, 0.3) is 0 Å². The van der Waals surface area contributed by atoms with Crippen LogP contribution >= 0.6 is 11.1 Å². The summed E-state index contributed by atoms with van der Waals surface area (Å²) >= 11 is -0.405. The Bertz CT molecular complexity index is 196. The number of rotatable bonds is 1. The molecule has 0 aromatic carbocycles. The van der Waals surface area contributed by atoms with Crippen molar-refractivity contribution >= 4 is 11.1 Å². The van der Waals surface area contributed by atoms with Gasteiger partial charge in [-0.05, 0) is 19.6 Å². The van der Waals surface area contributed by atoms with Gasteiger partial charge in [0.2, 0.25) is 0 Å². The van der Waals surface area contributed by atoms with Gasteiger partial charge in [-0.2, -0.15) is 13.2 Å². The molecule has 14 heavy (non-hydrogen) atoms. The molecule has 0 saturated carbocycles. The van der Waals surface area contributed by atoms with Gasteiger partial charge >= 0.3 is 6.18 Å². The lowest BCUT2D eigenvalue weighted by molar-refractivity contribution is -0.188. The van der Waals surface area contributed by atoms with Gasteiger partial charge in [0.05, 0.1) is 0 Å². The van der Waals surface area contributed by atoms with E-state index in [1.165, 1.54) is 4.90 Å². The number of alkyl halides is 3. The average Bonchev–Trinajstić information content (AvgIpc) is 2.02. The van der Waals surface area contributed by atoms with E-state index in [9.17, 15) is 13.2 Å². The molecule has 1 fully saturated rings. The summed E-state index contributed by atoms with van der Waals surface area (Å²) in [7, 11) is 1.54. The molecule has 0 aromatic rings. The second-order valence-electron chi connectivity index (χ2n) is 3.80. The van der Waals surface area contributed by atoms with Gasteiger partial charge in [-0.3, -0.25) is 9.21 Å². The van der Waals surface area contributed by atoms with E-state index in [1.807, 2.05) is 16.8 Å². The van der Waals surface area contributed by atoms with E-state index in [0.29, 0.717) is 6.54 Å². The fourth-order valence-electron chi connectivity index (χ4n) is 1.58. The van der Waals surface area contributed by atoms with Gasteiger partial charge in [0.1, 0.15) is 6.04 Å². The van der Waals surface area contributed by atoms with Gasteiger partial charge in [-0.1, -0.05) is 0 Å². The lowest BCUT2D eigenvalue weighted by Gasteiger charge is -2.42. The zero-order valence-electron chi connectivity index (χ0n) is 8.67. The summed E-state index contributed by atoms with van der Waals surface area (Å²) in [6.45, 7) is 1.38. The van der Waals surface area contributed by atoms with Crippen LogP contribution < -0.4 is 0 Å². The van der Waals surface area contributed by atoms with Crippen molar-refractivity contribution < 1.29 is 13.2 Å². The Morgan fingerprint density at radius 3 is 2.21 bits per heavy atom. The van der Waals surface area contributed by atoms with Crippen molar-refractivity contribution in [2.45, 2.75) is 12.2 Å². The molecule has 1 saturated heterocycles. The quantitative estimate of drug-likeness (QED) is 0.679. The van der Waals surface area contributed by atoms with Gasteiger partial charge in [-0.25, -0.2) is 11.1 Å². The van der Waals surface area contributed by atoms with E-state index in [0.717, 1.165) is 6.54 Å². The Hall–Kier alpha value is 0.0600. The molecule has 0 aliphatic carbocycles. The SMILES string of the molecule is CN1CCN([SH](C)C)CC1C(F)(F)F. The molecule has 1 unspecified atom stereocenters. The first kappa shape index (κ1) is 12.1. The van der Waals surface area contributed by atoms with E-state index < -0.39 is 23.3 Å². The smallest absolute Gasteiger partial charge is 0.293 e. The molecule has 1 rings (SSSR count). The minimum atomic E-state index is -4.10. The van der Waals surface area contributed by atoms with Crippen molar-refractivity contribution in [3.8, 4) is 0 Å². The molecule has 0 N–H and O–H groups in total. The monoisotopic (exact) mass is 230 g/mol. The highest BCUT2D eigenvalue weighted by atomic mass is 32.2. The first-order valence-corrected chi connectivity index (χ1v) is 6.70. The van der Waals surface area contributed by atoms with Gasteiger partial charge in [-0.15, -0.1) is 0 Å². The standard InChI is InChI=1S/C8H17F3N2S/c1-12-4-5-13(14(2)3)6-7(12)8(9,10)11/h7,14H,4-6H2,1-3H3. The van der Waals surface area contributed by atoms with Crippen LogP contribution in [0.1, 0.15) is 0 Å². The van der Waals surface area contributed by atoms with Crippen LogP contribution in [-0.2, 0) is 0 Å². The number of nitrogens with zero attached hydrogens (tertiary/aromatic N) is 2. The summed E-state index contributed by atoms with van der Waals surface area (Å²) in [4.78, 5) is 1.40. The van der Waals surface area contributed by atoms with Crippen LogP contribution in [0.15, 0.2) is 0 Å². The molecule has 0 bridgehead atoms. The number of likely N-dealkylation sites (N-methyl/N-ethyl adjacent to an activating group) is 1. The number of hydrogen-bond donors (Lipinski definition) is 1. The number of piperazine rings is 1. The zero-order valence-corrected chi connectivity index (χ0v) is 9.57. The van der Waals surface area contributed by atoms with Crippen molar-refractivity contribution in [3.63, 3.8) is 0 Å². The van der Waals surface area contributed by atoms with E-state index in [1.54, 1.807) is 7.05 Å². The minimum absolute atomic E-state index is 0.124. The lowest BCUT2D eigenvalue weighted by Crippen LogP contribution is -2.56. The summed E-state index contributed by atoms with van der Waals surface area (Å²) in [6.07, 6.45) is -0.110. The van der Waals surface area contributed by atoms with Gasteiger partial charge in [0.15, 0.2) is 0 Å². The van der Waals surface area contributed by atoms with Gasteiger partial charge < -0.3 is 0 Å². The Balaban J connectivity index is 2.65. The summed E-state index contributed by atoms with van der Waals surface area (Å²) in [6, 6.07) is -1.29. The molecule has 1 aliphatic heterocycles. The van der Waals surface area contributed by atoms with E-state index in [2.05, 4.69) is 0 Å². The third-order valence-electron chi connectivity index (χ3n) is 2.57. The molecular weight excluding hydrogens is 213 g/mol. The first-order valence-electron chi connectivity index (χ1n) is 4.51. The van der Waals surface area contributed by atoms with Crippen LogP contribution in [0, 0.1) is 0 Å². The fraction of sp³-hybridized carbons (Fsp3) is 1.00. The van der Waals surface area contributed by atoms with Gasteiger partial charge in [0, 0.05) is 19.6 Å². The van der Waals surface area contributed by atoms with Gasteiger partial charge in [0.25, 0.3) is 0 Å². The highest BCUT2D eigenvalue weighted by Crippen LogP contribution is 2.31. The molecule has 6 heteroatoms. The molecule has 1 atom stereocenters. The van der Waals surface area contributed by atoms with Crippen molar-refractivity contribution in [1.82, 2.24) is 9.21 Å². The average molecular weight is 230 g/mol. The molecule has 0 radical (unpaired) electrons. The van der Waals surface area contributed by atoms with Crippen molar-refractivity contribution in [2.75, 3.05) is 39.2 Å². The Kier molecular flexibility index (Phi) is 3.71. The maximum atomic E-state index is 12.6. The second-order valence-corrected chi connectivity index (χ2v) is 6.06. The summed E-state index contributed by atoms with van der Waals surface area (Å²) < 4.78 is 39.6. The molecule has 2 nitrogen and oxygen atoms in total.